The Kier molecular flexibility index (Phi) is 5.78. The fraction of sp³-hybridized carbons (Fsp3) is 0.300. The van der Waals surface area contributed by atoms with E-state index in [2.05, 4.69) is 18.9 Å². The summed E-state index contributed by atoms with van der Waals surface area (Å²) in [5.74, 6) is 0.596. The van der Waals surface area contributed by atoms with Crippen molar-refractivity contribution in [1.29, 1.82) is 0 Å². The Labute approximate surface area is 158 Å². The summed E-state index contributed by atoms with van der Waals surface area (Å²) in [6, 6.07) is 12.7. The van der Waals surface area contributed by atoms with Crippen molar-refractivity contribution in [3.63, 3.8) is 0 Å². The van der Waals surface area contributed by atoms with Crippen molar-refractivity contribution in [2.45, 2.75) is 26.7 Å². The summed E-state index contributed by atoms with van der Waals surface area (Å²) in [5.41, 5.74) is 1.92. The maximum absolute atomic E-state index is 13.2. The number of furan rings is 1. The van der Waals surface area contributed by atoms with E-state index in [9.17, 15) is 4.79 Å². The Balaban J connectivity index is 2.06. The van der Waals surface area contributed by atoms with Crippen LogP contribution >= 0.6 is 11.6 Å². The first-order valence-corrected chi connectivity index (χ1v) is 9.21. The molecule has 0 aliphatic rings. The lowest BCUT2D eigenvalue weighted by molar-refractivity contribution is 0.0746. The minimum absolute atomic E-state index is 0.0334. The van der Waals surface area contributed by atoms with E-state index in [1.807, 2.05) is 23.1 Å². The van der Waals surface area contributed by atoms with Crippen LogP contribution in [0.5, 0.6) is 0 Å². The van der Waals surface area contributed by atoms with Gasteiger partial charge < -0.3 is 9.32 Å². The lowest BCUT2D eigenvalue weighted by atomic mass is 10.2. The second-order valence-electron chi connectivity index (χ2n) is 6.07. The van der Waals surface area contributed by atoms with Gasteiger partial charge in [-0.2, -0.15) is 5.10 Å². The molecule has 136 valence electrons. The van der Waals surface area contributed by atoms with Crippen molar-refractivity contribution < 1.29 is 9.21 Å². The fourth-order valence-electron chi connectivity index (χ4n) is 2.87. The van der Waals surface area contributed by atoms with Gasteiger partial charge in [0.15, 0.2) is 5.76 Å². The van der Waals surface area contributed by atoms with Gasteiger partial charge in [-0.25, -0.2) is 4.68 Å². The van der Waals surface area contributed by atoms with Crippen molar-refractivity contribution in [2.24, 2.45) is 0 Å². The summed E-state index contributed by atoms with van der Waals surface area (Å²) in [6.07, 6.45) is 3.41. The smallest absolute Gasteiger partial charge is 0.272 e. The second kappa shape index (κ2) is 8.23. The van der Waals surface area contributed by atoms with Gasteiger partial charge in [-0.15, -0.1) is 0 Å². The highest BCUT2D eigenvalue weighted by atomic mass is 35.5. The van der Waals surface area contributed by atoms with Crippen LogP contribution in [0.15, 0.2) is 53.1 Å². The topological polar surface area (TPSA) is 51.3 Å². The molecule has 0 aliphatic carbocycles. The molecule has 0 N–H and O–H groups in total. The van der Waals surface area contributed by atoms with Crippen molar-refractivity contribution >= 4 is 17.5 Å². The molecule has 0 fully saturated rings. The highest BCUT2D eigenvalue weighted by Crippen LogP contribution is 2.24. The van der Waals surface area contributed by atoms with Gasteiger partial charge in [0.2, 0.25) is 0 Å². The Bertz CT molecular complexity index is 848. The molecule has 5 nitrogen and oxygen atoms in total. The van der Waals surface area contributed by atoms with Gasteiger partial charge in [0.1, 0.15) is 11.4 Å². The van der Waals surface area contributed by atoms with Gasteiger partial charge in [-0.3, -0.25) is 4.79 Å². The van der Waals surface area contributed by atoms with Crippen LogP contribution in [0.4, 0.5) is 0 Å². The molecule has 0 saturated carbocycles. The molecular formula is C20H22ClN3O2. The summed E-state index contributed by atoms with van der Waals surface area (Å²) < 4.78 is 7.12. The van der Waals surface area contributed by atoms with Gasteiger partial charge in [0.05, 0.1) is 12.0 Å². The first-order valence-electron chi connectivity index (χ1n) is 8.83. The summed E-state index contributed by atoms with van der Waals surface area (Å²) >= 11 is 6.00. The SMILES string of the molecule is CCCN(CCC)C(=O)c1cc(-c2ccco2)nn1-c1ccc(Cl)cc1. The number of rotatable bonds is 7. The van der Waals surface area contributed by atoms with Gasteiger partial charge in [0, 0.05) is 24.2 Å². The molecule has 26 heavy (non-hydrogen) atoms. The van der Waals surface area contributed by atoms with E-state index in [0.717, 1.165) is 18.5 Å². The summed E-state index contributed by atoms with van der Waals surface area (Å²) in [4.78, 5) is 15.0. The molecule has 6 heteroatoms. The molecule has 0 spiro atoms. The minimum atomic E-state index is -0.0334. The number of carbonyl (C=O) groups is 1. The van der Waals surface area contributed by atoms with Gasteiger partial charge in [-0.1, -0.05) is 25.4 Å². The number of hydrogen-bond donors (Lipinski definition) is 0. The molecule has 3 rings (SSSR count). The Morgan fingerprint density at radius 1 is 1.15 bits per heavy atom. The van der Waals surface area contributed by atoms with E-state index in [-0.39, 0.29) is 5.91 Å². The monoisotopic (exact) mass is 371 g/mol. The largest absolute Gasteiger partial charge is 0.463 e. The lowest BCUT2D eigenvalue weighted by Crippen LogP contribution is -2.33. The maximum Gasteiger partial charge on any atom is 0.272 e. The Morgan fingerprint density at radius 2 is 1.85 bits per heavy atom. The fourth-order valence-corrected chi connectivity index (χ4v) is 3.00. The van der Waals surface area contributed by atoms with E-state index in [0.29, 0.717) is 35.3 Å². The Hall–Kier alpha value is -2.53. The van der Waals surface area contributed by atoms with Crippen LogP contribution in [0.3, 0.4) is 0 Å². The molecule has 1 amide bonds. The summed E-state index contributed by atoms with van der Waals surface area (Å²) in [7, 11) is 0. The number of amides is 1. The Morgan fingerprint density at radius 3 is 2.42 bits per heavy atom. The quantitative estimate of drug-likeness (QED) is 0.584. The minimum Gasteiger partial charge on any atom is -0.463 e. The predicted molar refractivity (Wildman–Crippen MR) is 103 cm³/mol. The molecule has 1 aromatic carbocycles. The van der Waals surface area contributed by atoms with E-state index in [4.69, 9.17) is 16.0 Å². The normalized spacial score (nSPS) is 10.9. The van der Waals surface area contributed by atoms with E-state index < -0.39 is 0 Å². The van der Waals surface area contributed by atoms with E-state index in [1.54, 1.807) is 35.2 Å². The lowest BCUT2D eigenvalue weighted by Gasteiger charge is -2.21. The average molecular weight is 372 g/mol. The maximum atomic E-state index is 13.2. The van der Waals surface area contributed by atoms with Crippen LogP contribution in [0.2, 0.25) is 5.02 Å². The van der Waals surface area contributed by atoms with E-state index in [1.165, 1.54) is 0 Å². The van der Waals surface area contributed by atoms with E-state index >= 15 is 0 Å². The first-order chi connectivity index (χ1) is 12.6. The molecule has 0 atom stereocenters. The van der Waals surface area contributed by atoms with Crippen molar-refractivity contribution in [3.05, 3.63) is 59.4 Å². The third-order valence-electron chi connectivity index (χ3n) is 4.05. The molecule has 0 unspecified atom stereocenters. The molecule has 0 radical (unpaired) electrons. The van der Waals surface area contributed by atoms with Crippen LogP contribution in [0.25, 0.3) is 17.1 Å². The molecule has 0 saturated heterocycles. The third-order valence-corrected chi connectivity index (χ3v) is 4.30. The highest BCUT2D eigenvalue weighted by Gasteiger charge is 2.22. The molecule has 2 heterocycles. The van der Waals surface area contributed by atoms with Gasteiger partial charge in [0.25, 0.3) is 5.91 Å². The third kappa shape index (κ3) is 3.83. The second-order valence-corrected chi connectivity index (χ2v) is 6.51. The number of benzene rings is 1. The zero-order valence-corrected chi connectivity index (χ0v) is 15.7. The van der Waals surface area contributed by atoms with Crippen LogP contribution in [0.1, 0.15) is 37.2 Å². The van der Waals surface area contributed by atoms with Gasteiger partial charge >= 0.3 is 0 Å². The number of carbonyl (C=O) groups excluding carboxylic acids is 1. The van der Waals surface area contributed by atoms with Crippen LogP contribution in [-0.4, -0.2) is 33.7 Å². The highest BCUT2D eigenvalue weighted by molar-refractivity contribution is 6.30. The van der Waals surface area contributed by atoms with Crippen LogP contribution < -0.4 is 0 Å². The standard InChI is InChI=1S/C20H22ClN3O2/c1-3-11-23(12-4-2)20(25)18-14-17(19-6-5-13-26-19)22-24(18)16-9-7-15(21)8-10-16/h5-10,13-14H,3-4,11-12H2,1-2H3. The first kappa shape index (κ1) is 18.3. The number of hydrogen-bond acceptors (Lipinski definition) is 3. The zero-order valence-electron chi connectivity index (χ0n) is 15.0. The molecular weight excluding hydrogens is 350 g/mol. The predicted octanol–water partition coefficient (Wildman–Crippen LogP) is 5.05. The number of halogens is 1. The molecule has 3 aromatic rings. The van der Waals surface area contributed by atoms with Crippen LogP contribution in [-0.2, 0) is 0 Å². The summed E-state index contributed by atoms with van der Waals surface area (Å²) in [5, 5.41) is 5.25. The molecule has 0 bridgehead atoms. The van der Waals surface area contributed by atoms with Crippen molar-refractivity contribution in [2.75, 3.05) is 13.1 Å². The zero-order chi connectivity index (χ0) is 18.5. The molecule has 0 aliphatic heterocycles. The summed E-state index contributed by atoms with van der Waals surface area (Å²) in [6.45, 7) is 5.57. The van der Waals surface area contributed by atoms with Crippen LogP contribution in [0, 0.1) is 0 Å². The number of nitrogens with zero attached hydrogens (tertiary/aromatic N) is 3. The van der Waals surface area contributed by atoms with Crippen molar-refractivity contribution in [3.8, 4) is 17.1 Å². The average Bonchev–Trinajstić information content (AvgIpc) is 3.31. The van der Waals surface area contributed by atoms with Crippen molar-refractivity contribution in [1.82, 2.24) is 14.7 Å². The van der Waals surface area contributed by atoms with Gasteiger partial charge in [-0.05, 0) is 49.2 Å². The molecule has 2 aromatic heterocycles. The number of aromatic nitrogens is 2.